The molecule has 0 radical (unpaired) electrons. The maximum atomic E-state index is 12.6. The summed E-state index contributed by atoms with van der Waals surface area (Å²) >= 11 is 4.89. The number of nitrogens with zero attached hydrogens (tertiary/aromatic N) is 1. The molecular weight excluding hydrogens is 280 g/mol. The van der Waals surface area contributed by atoms with E-state index in [2.05, 4.69) is 0 Å². The van der Waals surface area contributed by atoms with E-state index in [1.165, 1.54) is 0 Å². The second-order valence-electron chi connectivity index (χ2n) is 4.74. The lowest BCUT2D eigenvalue weighted by Gasteiger charge is -2.21. The van der Waals surface area contributed by atoms with Crippen LogP contribution in [0.4, 0.5) is 0 Å². The van der Waals surface area contributed by atoms with Gasteiger partial charge in [0.1, 0.15) is 4.99 Å². The number of hydrogen-bond acceptors (Lipinski definition) is 3. The number of thiocarbonyl (C=S) groups is 1. The Morgan fingerprint density at radius 2 is 2.16 bits per heavy atom. The number of sulfonamides is 1. The molecule has 0 saturated heterocycles. The first-order chi connectivity index (χ1) is 8.96. The molecule has 1 aliphatic carbocycles. The van der Waals surface area contributed by atoms with Crippen molar-refractivity contribution in [3.8, 4) is 0 Å². The molecule has 1 aromatic rings. The molecule has 0 atom stereocenters. The largest absolute Gasteiger partial charge is 0.389 e. The van der Waals surface area contributed by atoms with Crippen LogP contribution >= 0.6 is 12.2 Å². The van der Waals surface area contributed by atoms with Crippen molar-refractivity contribution in [1.29, 1.82) is 0 Å². The molecule has 1 aromatic carbocycles. The van der Waals surface area contributed by atoms with E-state index in [9.17, 15) is 8.42 Å². The molecule has 104 valence electrons. The molecule has 0 unspecified atom stereocenters. The van der Waals surface area contributed by atoms with Crippen LogP contribution in [0.2, 0.25) is 0 Å². The number of nitrogens with two attached hydrogens (primary N) is 1. The van der Waals surface area contributed by atoms with E-state index in [-0.39, 0.29) is 15.9 Å². The van der Waals surface area contributed by atoms with Crippen molar-refractivity contribution in [3.63, 3.8) is 0 Å². The van der Waals surface area contributed by atoms with Crippen molar-refractivity contribution in [2.75, 3.05) is 6.54 Å². The topological polar surface area (TPSA) is 63.4 Å². The molecule has 0 spiro atoms. The fourth-order valence-corrected chi connectivity index (χ4v) is 3.98. The van der Waals surface area contributed by atoms with Crippen LogP contribution < -0.4 is 5.73 Å². The van der Waals surface area contributed by atoms with Crippen LogP contribution in [-0.4, -0.2) is 30.3 Å². The Bertz CT molecular complexity index is 580. The van der Waals surface area contributed by atoms with E-state index in [1.807, 2.05) is 6.92 Å². The monoisotopic (exact) mass is 298 g/mol. The number of hydrogen-bond donors (Lipinski definition) is 1. The van der Waals surface area contributed by atoms with Crippen molar-refractivity contribution in [1.82, 2.24) is 4.31 Å². The van der Waals surface area contributed by atoms with Gasteiger partial charge in [0, 0.05) is 18.2 Å². The molecular formula is C13H18N2O2S2. The van der Waals surface area contributed by atoms with Crippen LogP contribution in [0.15, 0.2) is 29.2 Å². The quantitative estimate of drug-likeness (QED) is 0.815. The third kappa shape index (κ3) is 3.13. The molecule has 0 heterocycles. The first-order valence-electron chi connectivity index (χ1n) is 6.38. The minimum absolute atomic E-state index is 0.165. The lowest BCUT2D eigenvalue weighted by atomic mass is 10.2. The molecule has 0 aliphatic heterocycles. The van der Waals surface area contributed by atoms with E-state index in [0.717, 1.165) is 19.3 Å². The van der Waals surface area contributed by atoms with Crippen LogP contribution in [0.25, 0.3) is 0 Å². The maximum absolute atomic E-state index is 12.6. The number of rotatable bonds is 6. The van der Waals surface area contributed by atoms with Gasteiger partial charge in [0.25, 0.3) is 0 Å². The maximum Gasteiger partial charge on any atom is 0.243 e. The summed E-state index contributed by atoms with van der Waals surface area (Å²) in [6.07, 6.45) is 2.72. The highest BCUT2D eigenvalue weighted by molar-refractivity contribution is 7.89. The van der Waals surface area contributed by atoms with Crippen LogP contribution in [0.3, 0.4) is 0 Å². The average molecular weight is 298 g/mol. The standard InChI is InChI=1S/C13H18N2O2S2/c1-2-8-15(11-6-7-11)19(16,17)12-5-3-4-10(9-12)13(14)18/h3-5,9,11H,2,6-8H2,1H3,(H2,14,18). The number of benzene rings is 1. The van der Waals surface area contributed by atoms with Crippen molar-refractivity contribution in [3.05, 3.63) is 29.8 Å². The Morgan fingerprint density at radius 1 is 1.47 bits per heavy atom. The van der Waals surface area contributed by atoms with Crippen molar-refractivity contribution in [2.45, 2.75) is 37.1 Å². The predicted molar refractivity (Wildman–Crippen MR) is 79.5 cm³/mol. The van der Waals surface area contributed by atoms with Gasteiger partial charge in [-0.3, -0.25) is 0 Å². The highest BCUT2D eigenvalue weighted by Gasteiger charge is 2.37. The van der Waals surface area contributed by atoms with Crippen LogP contribution in [0.1, 0.15) is 31.7 Å². The Balaban J connectivity index is 2.37. The van der Waals surface area contributed by atoms with Gasteiger partial charge in [0.15, 0.2) is 0 Å². The van der Waals surface area contributed by atoms with Crippen molar-refractivity contribution < 1.29 is 8.42 Å². The second kappa shape index (κ2) is 5.56. The summed E-state index contributed by atoms with van der Waals surface area (Å²) in [4.78, 5) is 0.490. The lowest BCUT2D eigenvalue weighted by Crippen LogP contribution is -2.34. The predicted octanol–water partition coefficient (Wildman–Crippen LogP) is 1.88. The molecule has 4 nitrogen and oxygen atoms in total. The third-order valence-corrected chi connectivity index (χ3v) is 5.31. The van der Waals surface area contributed by atoms with Crippen LogP contribution in [-0.2, 0) is 10.0 Å². The normalized spacial score (nSPS) is 15.7. The van der Waals surface area contributed by atoms with E-state index >= 15 is 0 Å². The Kier molecular flexibility index (Phi) is 4.23. The van der Waals surface area contributed by atoms with Crippen molar-refractivity contribution >= 4 is 27.2 Å². The van der Waals surface area contributed by atoms with Gasteiger partial charge in [-0.25, -0.2) is 8.42 Å². The van der Waals surface area contributed by atoms with Crippen molar-refractivity contribution in [2.24, 2.45) is 5.73 Å². The van der Waals surface area contributed by atoms with E-state index < -0.39 is 10.0 Å². The molecule has 19 heavy (non-hydrogen) atoms. The zero-order valence-electron chi connectivity index (χ0n) is 10.9. The summed E-state index contributed by atoms with van der Waals surface area (Å²) in [5.74, 6) is 0. The highest BCUT2D eigenvalue weighted by atomic mass is 32.2. The molecule has 1 aliphatic rings. The molecule has 2 N–H and O–H groups in total. The molecule has 1 fully saturated rings. The first kappa shape index (κ1) is 14.4. The van der Waals surface area contributed by atoms with Gasteiger partial charge >= 0.3 is 0 Å². The molecule has 0 amide bonds. The van der Waals surface area contributed by atoms with Crippen LogP contribution in [0, 0.1) is 0 Å². The Morgan fingerprint density at radius 3 is 2.68 bits per heavy atom. The SMILES string of the molecule is CCCN(C1CC1)S(=O)(=O)c1cccc(C(N)=S)c1. The van der Waals surface area contributed by atoms with Gasteiger partial charge in [0.2, 0.25) is 10.0 Å². The van der Waals surface area contributed by atoms with E-state index in [0.29, 0.717) is 12.1 Å². The summed E-state index contributed by atoms with van der Waals surface area (Å²) in [6, 6.07) is 6.73. The lowest BCUT2D eigenvalue weighted by molar-refractivity contribution is 0.403. The van der Waals surface area contributed by atoms with Gasteiger partial charge < -0.3 is 5.73 Å². The molecule has 1 saturated carbocycles. The molecule has 0 aromatic heterocycles. The Hall–Kier alpha value is -0.980. The molecule has 0 bridgehead atoms. The summed E-state index contributed by atoms with van der Waals surface area (Å²) < 4.78 is 26.8. The average Bonchev–Trinajstić information content (AvgIpc) is 3.20. The third-order valence-electron chi connectivity index (χ3n) is 3.12. The van der Waals surface area contributed by atoms with Gasteiger partial charge in [-0.1, -0.05) is 31.3 Å². The summed E-state index contributed by atoms with van der Waals surface area (Å²) in [5.41, 5.74) is 6.14. The first-order valence-corrected chi connectivity index (χ1v) is 8.23. The zero-order chi connectivity index (χ0) is 14.0. The van der Waals surface area contributed by atoms with Gasteiger partial charge in [-0.2, -0.15) is 4.31 Å². The van der Waals surface area contributed by atoms with Gasteiger partial charge in [-0.15, -0.1) is 0 Å². The van der Waals surface area contributed by atoms with E-state index in [4.69, 9.17) is 18.0 Å². The summed E-state index contributed by atoms with van der Waals surface area (Å²) in [7, 11) is -3.44. The van der Waals surface area contributed by atoms with Gasteiger partial charge in [0.05, 0.1) is 4.90 Å². The summed E-state index contributed by atoms with van der Waals surface area (Å²) in [5, 5.41) is 0. The Labute approximate surface area is 119 Å². The van der Waals surface area contributed by atoms with Crippen LogP contribution in [0.5, 0.6) is 0 Å². The molecule has 6 heteroatoms. The van der Waals surface area contributed by atoms with E-state index in [1.54, 1.807) is 28.6 Å². The minimum Gasteiger partial charge on any atom is -0.389 e. The highest BCUT2D eigenvalue weighted by Crippen LogP contribution is 2.32. The summed E-state index contributed by atoms with van der Waals surface area (Å²) in [6.45, 7) is 2.54. The fraction of sp³-hybridized carbons (Fsp3) is 0.462. The molecule has 2 rings (SSSR count). The second-order valence-corrected chi connectivity index (χ2v) is 7.07. The van der Waals surface area contributed by atoms with Gasteiger partial charge in [-0.05, 0) is 31.4 Å². The fourth-order valence-electron chi connectivity index (χ4n) is 2.03. The zero-order valence-corrected chi connectivity index (χ0v) is 12.5. The smallest absolute Gasteiger partial charge is 0.243 e. The minimum atomic E-state index is -3.44.